The van der Waals surface area contributed by atoms with Gasteiger partial charge in [0.05, 0.1) is 18.8 Å². The van der Waals surface area contributed by atoms with Gasteiger partial charge in [-0.25, -0.2) is 0 Å². The first-order valence-corrected chi connectivity index (χ1v) is 7.95. The van der Waals surface area contributed by atoms with E-state index in [1.54, 1.807) is 0 Å². The number of nitrogens with zero attached hydrogens (tertiary/aromatic N) is 2. The van der Waals surface area contributed by atoms with Crippen LogP contribution in [0.25, 0.3) is 0 Å². The summed E-state index contributed by atoms with van der Waals surface area (Å²) in [5.41, 5.74) is 6.07. The predicted molar refractivity (Wildman–Crippen MR) is 77.4 cm³/mol. The SMILES string of the molecule is CCCC(CCC)c1nc(C(N)COC2CCC2)no1. The zero-order chi connectivity index (χ0) is 14.4. The Morgan fingerprint density at radius 3 is 2.55 bits per heavy atom. The standard InChI is InChI=1S/C15H27N3O2/c1-3-6-11(7-4-2)15-17-14(18-20-15)13(16)10-19-12-8-5-9-12/h11-13H,3-10,16H2,1-2H3. The molecule has 0 aliphatic heterocycles. The van der Waals surface area contributed by atoms with Crippen LogP contribution in [0, 0.1) is 0 Å². The summed E-state index contributed by atoms with van der Waals surface area (Å²) in [6.07, 6.45) is 8.38. The summed E-state index contributed by atoms with van der Waals surface area (Å²) in [5, 5.41) is 4.03. The first-order chi connectivity index (χ1) is 9.74. The highest BCUT2D eigenvalue weighted by molar-refractivity contribution is 4.98. The maximum atomic E-state index is 6.07. The number of hydrogen-bond donors (Lipinski definition) is 1. The fourth-order valence-corrected chi connectivity index (χ4v) is 2.50. The average Bonchev–Trinajstić information content (AvgIpc) is 2.86. The second-order valence-electron chi connectivity index (χ2n) is 5.76. The van der Waals surface area contributed by atoms with Crippen LogP contribution in [0.1, 0.15) is 82.5 Å². The number of rotatable bonds is 9. The molecule has 2 rings (SSSR count). The third kappa shape index (κ3) is 4.03. The van der Waals surface area contributed by atoms with E-state index in [0.717, 1.165) is 44.4 Å². The lowest BCUT2D eigenvalue weighted by molar-refractivity contribution is -0.00549. The van der Waals surface area contributed by atoms with Gasteiger partial charge >= 0.3 is 0 Å². The summed E-state index contributed by atoms with van der Waals surface area (Å²) in [6.45, 7) is 4.84. The Bertz CT molecular complexity index is 384. The first kappa shape index (κ1) is 15.4. The van der Waals surface area contributed by atoms with E-state index < -0.39 is 0 Å². The summed E-state index contributed by atoms with van der Waals surface area (Å²) in [7, 11) is 0. The van der Waals surface area contributed by atoms with E-state index >= 15 is 0 Å². The normalized spacial score (nSPS) is 17.4. The maximum Gasteiger partial charge on any atom is 0.229 e. The molecule has 0 spiro atoms. The fraction of sp³-hybridized carbons (Fsp3) is 0.867. The molecule has 0 bridgehead atoms. The quantitative estimate of drug-likeness (QED) is 0.751. The molecule has 0 saturated heterocycles. The molecule has 5 heteroatoms. The van der Waals surface area contributed by atoms with E-state index in [2.05, 4.69) is 24.0 Å². The highest BCUT2D eigenvalue weighted by atomic mass is 16.5. The van der Waals surface area contributed by atoms with Crippen molar-refractivity contribution in [2.45, 2.75) is 76.9 Å². The van der Waals surface area contributed by atoms with Gasteiger partial charge in [0, 0.05) is 5.92 Å². The topological polar surface area (TPSA) is 74.2 Å². The molecule has 1 atom stereocenters. The van der Waals surface area contributed by atoms with Crippen LogP contribution in [0.4, 0.5) is 0 Å². The molecule has 1 saturated carbocycles. The average molecular weight is 281 g/mol. The lowest BCUT2D eigenvalue weighted by Crippen LogP contribution is -2.27. The molecule has 1 aromatic heterocycles. The van der Waals surface area contributed by atoms with Crippen LogP contribution in [0.2, 0.25) is 0 Å². The lowest BCUT2D eigenvalue weighted by Gasteiger charge is -2.26. The van der Waals surface area contributed by atoms with Gasteiger partial charge in [-0.15, -0.1) is 0 Å². The van der Waals surface area contributed by atoms with E-state index in [9.17, 15) is 0 Å². The summed E-state index contributed by atoms with van der Waals surface area (Å²) in [6, 6.07) is -0.281. The Balaban J connectivity index is 1.88. The molecule has 0 amide bonds. The summed E-state index contributed by atoms with van der Waals surface area (Å²) in [5.74, 6) is 1.69. The van der Waals surface area contributed by atoms with Crippen molar-refractivity contribution >= 4 is 0 Å². The lowest BCUT2D eigenvalue weighted by atomic mass is 9.96. The van der Waals surface area contributed by atoms with Crippen molar-refractivity contribution in [2.24, 2.45) is 5.73 Å². The fourth-order valence-electron chi connectivity index (χ4n) is 2.50. The monoisotopic (exact) mass is 281 g/mol. The van der Waals surface area contributed by atoms with Crippen molar-refractivity contribution in [3.8, 4) is 0 Å². The maximum absolute atomic E-state index is 6.07. The Labute approximate surface area is 121 Å². The summed E-state index contributed by atoms with van der Waals surface area (Å²) in [4.78, 5) is 4.49. The number of aromatic nitrogens is 2. The van der Waals surface area contributed by atoms with Crippen LogP contribution in [0.5, 0.6) is 0 Å². The van der Waals surface area contributed by atoms with Crippen molar-refractivity contribution < 1.29 is 9.26 Å². The Hall–Kier alpha value is -0.940. The van der Waals surface area contributed by atoms with Crippen molar-refractivity contribution in [1.82, 2.24) is 10.1 Å². The zero-order valence-electron chi connectivity index (χ0n) is 12.7. The van der Waals surface area contributed by atoms with Crippen LogP contribution in [0.15, 0.2) is 4.52 Å². The number of hydrogen-bond acceptors (Lipinski definition) is 5. The molecular weight excluding hydrogens is 254 g/mol. The van der Waals surface area contributed by atoms with E-state index in [-0.39, 0.29) is 6.04 Å². The molecule has 1 aromatic rings. The van der Waals surface area contributed by atoms with Gasteiger partial charge in [-0.3, -0.25) is 0 Å². The molecule has 20 heavy (non-hydrogen) atoms. The van der Waals surface area contributed by atoms with Crippen LogP contribution >= 0.6 is 0 Å². The van der Waals surface area contributed by atoms with Gasteiger partial charge < -0.3 is 15.0 Å². The van der Waals surface area contributed by atoms with Gasteiger partial charge in [0.1, 0.15) is 0 Å². The Kier molecular flexibility index (Phi) is 5.98. The highest BCUT2D eigenvalue weighted by Crippen LogP contribution is 2.26. The van der Waals surface area contributed by atoms with Crippen molar-refractivity contribution in [1.29, 1.82) is 0 Å². The number of nitrogens with two attached hydrogens (primary N) is 1. The minimum atomic E-state index is -0.281. The summed E-state index contributed by atoms with van der Waals surface area (Å²) < 4.78 is 11.1. The zero-order valence-corrected chi connectivity index (χ0v) is 12.7. The molecular formula is C15H27N3O2. The minimum absolute atomic E-state index is 0.281. The molecule has 0 radical (unpaired) electrons. The molecule has 1 heterocycles. The van der Waals surface area contributed by atoms with Gasteiger partial charge in [0.25, 0.3) is 0 Å². The largest absolute Gasteiger partial charge is 0.376 e. The third-order valence-corrected chi connectivity index (χ3v) is 3.98. The van der Waals surface area contributed by atoms with Gasteiger partial charge in [-0.05, 0) is 32.1 Å². The Morgan fingerprint density at radius 1 is 1.30 bits per heavy atom. The molecule has 1 aliphatic rings. The van der Waals surface area contributed by atoms with E-state index in [1.807, 2.05) is 0 Å². The van der Waals surface area contributed by atoms with Crippen LogP contribution in [0.3, 0.4) is 0 Å². The summed E-state index contributed by atoms with van der Waals surface area (Å²) >= 11 is 0. The predicted octanol–water partition coefficient (Wildman–Crippen LogP) is 3.32. The van der Waals surface area contributed by atoms with E-state index in [0.29, 0.717) is 24.5 Å². The minimum Gasteiger partial charge on any atom is -0.376 e. The molecule has 114 valence electrons. The van der Waals surface area contributed by atoms with Gasteiger partial charge in [-0.1, -0.05) is 31.8 Å². The Morgan fingerprint density at radius 2 is 2.00 bits per heavy atom. The molecule has 5 nitrogen and oxygen atoms in total. The molecule has 1 fully saturated rings. The second kappa shape index (κ2) is 7.74. The molecule has 0 aromatic carbocycles. The highest BCUT2D eigenvalue weighted by Gasteiger charge is 2.23. The van der Waals surface area contributed by atoms with Gasteiger partial charge in [-0.2, -0.15) is 4.98 Å². The first-order valence-electron chi connectivity index (χ1n) is 7.95. The van der Waals surface area contributed by atoms with Gasteiger partial charge in [0.2, 0.25) is 5.89 Å². The van der Waals surface area contributed by atoms with E-state index in [4.69, 9.17) is 15.0 Å². The van der Waals surface area contributed by atoms with Crippen LogP contribution in [-0.2, 0) is 4.74 Å². The number of ether oxygens (including phenoxy) is 1. The van der Waals surface area contributed by atoms with Crippen molar-refractivity contribution in [2.75, 3.05) is 6.61 Å². The van der Waals surface area contributed by atoms with Crippen LogP contribution < -0.4 is 5.73 Å². The smallest absolute Gasteiger partial charge is 0.229 e. The second-order valence-corrected chi connectivity index (χ2v) is 5.76. The third-order valence-electron chi connectivity index (χ3n) is 3.98. The van der Waals surface area contributed by atoms with Crippen molar-refractivity contribution in [3.63, 3.8) is 0 Å². The molecule has 2 N–H and O–H groups in total. The molecule has 1 aliphatic carbocycles. The molecule has 1 unspecified atom stereocenters. The van der Waals surface area contributed by atoms with E-state index in [1.165, 1.54) is 6.42 Å². The van der Waals surface area contributed by atoms with Crippen molar-refractivity contribution in [3.05, 3.63) is 11.7 Å². The van der Waals surface area contributed by atoms with Gasteiger partial charge in [0.15, 0.2) is 5.82 Å². The van der Waals surface area contributed by atoms with Crippen LogP contribution in [-0.4, -0.2) is 22.9 Å².